The molecule has 114 valence electrons. The number of aromatic nitrogens is 2. The number of carbonyl (C=O) groups excluding carboxylic acids is 1. The van der Waals surface area contributed by atoms with Crippen LogP contribution in [-0.2, 0) is 12.8 Å². The molecule has 0 bridgehead atoms. The Bertz CT molecular complexity index is 645. The molecule has 1 atom stereocenters. The van der Waals surface area contributed by atoms with Crippen LogP contribution in [0.25, 0.3) is 0 Å². The van der Waals surface area contributed by atoms with Gasteiger partial charge in [0, 0.05) is 32.3 Å². The quantitative estimate of drug-likeness (QED) is 0.867. The number of aryl methyl sites for hydroxylation is 1. The van der Waals surface area contributed by atoms with Gasteiger partial charge >= 0.3 is 0 Å². The normalized spacial score (nSPS) is 16.0. The molecule has 1 aromatic heterocycles. The second-order valence-electron chi connectivity index (χ2n) is 5.48. The summed E-state index contributed by atoms with van der Waals surface area (Å²) in [5.41, 5.74) is 1.71. The Balaban J connectivity index is 1.62. The molecule has 0 N–H and O–H groups in total. The molecule has 5 heteroatoms. The van der Waals surface area contributed by atoms with E-state index in [0.29, 0.717) is 12.1 Å². The van der Waals surface area contributed by atoms with Crippen LogP contribution in [0.2, 0.25) is 0 Å². The van der Waals surface area contributed by atoms with Crippen LogP contribution in [0.5, 0.6) is 5.75 Å². The predicted octanol–water partition coefficient (Wildman–Crippen LogP) is 2.11. The van der Waals surface area contributed by atoms with Crippen LogP contribution in [0.3, 0.4) is 0 Å². The smallest absolute Gasteiger partial charge is 0.256 e. The number of para-hydroxylation sites is 1. The molecule has 0 unspecified atom stereocenters. The van der Waals surface area contributed by atoms with E-state index in [-0.39, 0.29) is 12.0 Å². The van der Waals surface area contributed by atoms with Crippen LogP contribution in [0.15, 0.2) is 36.7 Å². The van der Waals surface area contributed by atoms with Crippen molar-refractivity contribution in [1.82, 2.24) is 14.9 Å². The molecule has 2 aromatic rings. The lowest BCUT2D eigenvalue weighted by atomic mass is 10.1. The summed E-state index contributed by atoms with van der Waals surface area (Å²) in [5, 5.41) is 0. The van der Waals surface area contributed by atoms with Gasteiger partial charge in [0.15, 0.2) is 0 Å². The predicted molar refractivity (Wildman–Crippen MR) is 82.9 cm³/mol. The van der Waals surface area contributed by atoms with Gasteiger partial charge in [-0.3, -0.25) is 4.79 Å². The van der Waals surface area contributed by atoms with Crippen molar-refractivity contribution in [3.8, 4) is 5.75 Å². The van der Waals surface area contributed by atoms with E-state index in [1.165, 1.54) is 5.56 Å². The van der Waals surface area contributed by atoms with E-state index in [0.717, 1.165) is 24.4 Å². The van der Waals surface area contributed by atoms with E-state index >= 15 is 0 Å². The molecular weight excluding hydrogens is 278 g/mol. The molecule has 22 heavy (non-hydrogen) atoms. The molecular formula is C17H19N3O2. The molecule has 0 spiro atoms. The Morgan fingerprint density at radius 3 is 2.73 bits per heavy atom. The highest BCUT2D eigenvalue weighted by Gasteiger charge is 2.25. The van der Waals surface area contributed by atoms with E-state index < -0.39 is 0 Å². The van der Waals surface area contributed by atoms with E-state index in [1.54, 1.807) is 24.3 Å². The van der Waals surface area contributed by atoms with Gasteiger partial charge in [0.05, 0.1) is 12.1 Å². The highest BCUT2D eigenvalue weighted by molar-refractivity contribution is 5.93. The minimum atomic E-state index is -0.0813. The number of amides is 1. The SMILES string of the molecule is CCc1ncc(C(=O)N(C)C[C@H]2Cc3ccccc3O2)cn1. The number of hydrogen-bond donors (Lipinski definition) is 0. The summed E-state index contributed by atoms with van der Waals surface area (Å²) < 4.78 is 5.87. The van der Waals surface area contributed by atoms with Crippen molar-refractivity contribution in [2.45, 2.75) is 25.9 Å². The average Bonchev–Trinajstić information content (AvgIpc) is 2.96. The fourth-order valence-corrected chi connectivity index (χ4v) is 2.61. The Hall–Kier alpha value is -2.43. The summed E-state index contributed by atoms with van der Waals surface area (Å²) in [6, 6.07) is 8.00. The molecule has 2 heterocycles. The van der Waals surface area contributed by atoms with Crippen LogP contribution < -0.4 is 4.74 Å². The molecule has 0 saturated heterocycles. The van der Waals surface area contributed by atoms with Crippen molar-refractivity contribution in [2.75, 3.05) is 13.6 Å². The zero-order valence-corrected chi connectivity index (χ0v) is 12.8. The summed E-state index contributed by atoms with van der Waals surface area (Å²) in [4.78, 5) is 22.4. The molecule has 5 nitrogen and oxygen atoms in total. The number of ether oxygens (including phenoxy) is 1. The zero-order valence-electron chi connectivity index (χ0n) is 12.8. The van der Waals surface area contributed by atoms with Crippen molar-refractivity contribution in [2.24, 2.45) is 0 Å². The third-order valence-corrected chi connectivity index (χ3v) is 3.81. The fourth-order valence-electron chi connectivity index (χ4n) is 2.61. The second-order valence-corrected chi connectivity index (χ2v) is 5.48. The number of carbonyl (C=O) groups is 1. The van der Waals surface area contributed by atoms with Gasteiger partial charge in [-0.1, -0.05) is 25.1 Å². The average molecular weight is 297 g/mol. The number of likely N-dealkylation sites (N-methyl/N-ethyl adjacent to an activating group) is 1. The highest BCUT2D eigenvalue weighted by atomic mass is 16.5. The summed E-state index contributed by atoms with van der Waals surface area (Å²) in [5.74, 6) is 1.58. The van der Waals surface area contributed by atoms with Gasteiger partial charge in [-0.05, 0) is 11.6 Å². The van der Waals surface area contributed by atoms with Crippen LogP contribution in [0.4, 0.5) is 0 Å². The molecule has 0 fully saturated rings. The lowest BCUT2D eigenvalue weighted by molar-refractivity contribution is 0.0729. The molecule has 0 saturated carbocycles. The van der Waals surface area contributed by atoms with Gasteiger partial charge in [-0.2, -0.15) is 0 Å². The lowest BCUT2D eigenvalue weighted by Gasteiger charge is -2.21. The maximum Gasteiger partial charge on any atom is 0.256 e. The Morgan fingerprint density at radius 2 is 2.05 bits per heavy atom. The zero-order chi connectivity index (χ0) is 15.5. The third kappa shape index (κ3) is 2.93. The second kappa shape index (κ2) is 6.13. The van der Waals surface area contributed by atoms with Gasteiger partial charge < -0.3 is 9.64 Å². The van der Waals surface area contributed by atoms with E-state index in [9.17, 15) is 4.79 Å². The molecule has 1 aliphatic rings. The van der Waals surface area contributed by atoms with E-state index in [4.69, 9.17) is 4.74 Å². The first kappa shape index (κ1) is 14.5. The molecule has 1 aliphatic heterocycles. The van der Waals surface area contributed by atoms with Gasteiger partial charge in [0.1, 0.15) is 17.7 Å². The van der Waals surface area contributed by atoms with Crippen LogP contribution >= 0.6 is 0 Å². The summed E-state index contributed by atoms with van der Waals surface area (Å²) >= 11 is 0. The Morgan fingerprint density at radius 1 is 1.32 bits per heavy atom. The fraction of sp³-hybridized carbons (Fsp3) is 0.353. The maximum absolute atomic E-state index is 12.4. The molecule has 1 aromatic carbocycles. The van der Waals surface area contributed by atoms with E-state index in [2.05, 4.69) is 16.0 Å². The van der Waals surface area contributed by atoms with Crippen LogP contribution in [-0.4, -0.2) is 40.5 Å². The van der Waals surface area contributed by atoms with Crippen molar-refractivity contribution in [3.63, 3.8) is 0 Å². The van der Waals surface area contributed by atoms with Crippen molar-refractivity contribution < 1.29 is 9.53 Å². The molecule has 0 radical (unpaired) electrons. The van der Waals surface area contributed by atoms with Crippen molar-refractivity contribution in [3.05, 3.63) is 53.6 Å². The monoisotopic (exact) mass is 297 g/mol. The Kier molecular flexibility index (Phi) is 4.04. The number of hydrogen-bond acceptors (Lipinski definition) is 4. The topological polar surface area (TPSA) is 55.3 Å². The number of benzene rings is 1. The number of fused-ring (bicyclic) bond motifs is 1. The number of nitrogens with zero attached hydrogens (tertiary/aromatic N) is 3. The third-order valence-electron chi connectivity index (χ3n) is 3.81. The van der Waals surface area contributed by atoms with Crippen molar-refractivity contribution >= 4 is 5.91 Å². The van der Waals surface area contributed by atoms with Gasteiger partial charge in [-0.25, -0.2) is 9.97 Å². The molecule has 1 amide bonds. The van der Waals surface area contributed by atoms with Crippen LogP contribution in [0.1, 0.15) is 28.7 Å². The molecule has 0 aliphatic carbocycles. The van der Waals surface area contributed by atoms with Gasteiger partial charge in [0.25, 0.3) is 5.91 Å². The Labute approximate surface area is 130 Å². The van der Waals surface area contributed by atoms with Crippen LogP contribution in [0, 0.1) is 0 Å². The van der Waals surface area contributed by atoms with Gasteiger partial charge in [-0.15, -0.1) is 0 Å². The number of rotatable bonds is 4. The summed E-state index contributed by atoms with van der Waals surface area (Å²) in [7, 11) is 1.78. The first-order valence-corrected chi connectivity index (χ1v) is 7.48. The standard InChI is InChI=1S/C17H19N3O2/c1-3-16-18-9-13(10-19-16)17(21)20(2)11-14-8-12-6-4-5-7-15(12)22-14/h4-7,9-10,14H,3,8,11H2,1-2H3/t14-/m1/s1. The summed E-state index contributed by atoms with van der Waals surface area (Å²) in [6.07, 6.45) is 4.78. The first-order valence-electron chi connectivity index (χ1n) is 7.48. The van der Waals surface area contributed by atoms with E-state index in [1.807, 2.05) is 25.1 Å². The summed E-state index contributed by atoms with van der Waals surface area (Å²) in [6.45, 7) is 2.53. The largest absolute Gasteiger partial charge is 0.488 e. The van der Waals surface area contributed by atoms with Gasteiger partial charge in [0.2, 0.25) is 0 Å². The maximum atomic E-state index is 12.4. The van der Waals surface area contributed by atoms with Crippen molar-refractivity contribution in [1.29, 1.82) is 0 Å². The highest BCUT2D eigenvalue weighted by Crippen LogP contribution is 2.28. The first-order chi connectivity index (χ1) is 10.7. The lowest BCUT2D eigenvalue weighted by Crippen LogP contribution is -2.36. The minimum Gasteiger partial charge on any atom is -0.488 e. The minimum absolute atomic E-state index is 0.00202. The molecule has 3 rings (SSSR count).